The maximum absolute atomic E-state index is 12.9. The van der Waals surface area contributed by atoms with Crippen LogP contribution in [0, 0.1) is 0 Å². The molecule has 1 unspecified atom stereocenters. The lowest BCUT2D eigenvalue weighted by molar-refractivity contribution is -0.136. The van der Waals surface area contributed by atoms with E-state index >= 15 is 0 Å². The maximum Gasteiger partial charge on any atom is 0.245 e. The third-order valence-electron chi connectivity index (χ3n) is 5.30. The van der Waals surface area contributed by atoms with E-state index in [0.717, 1.165) is 23.4 Å². The average Bonchev–Trinajstić information content (AvgIpc) is 3.09. The second-order valence-electron chi connectivity index (χ2n) is 8.61. The molecular formula is C23H30N4O2. The Bertz CT molecular complexity index is 906. The van der Waals surface area contributed by atoms with Crippen LogP contribution < -0.4 is 5.32 Å². The molecule has 0 aliphatic carbocycles. The van der Waals surface area contributed by atoms with Crippen LogP contribution in [0.3, 0.4) is 0 Å². The first-order chi connectivity index (χ1) is 13.7. The number of fused-ring (bicyclic) bond motifs is 1. The predicted octanol–water partition coefficient (Wildman–Crippen LogP) is 3.14. The number of nitrogens with zero attached hydrogens (tertiary/aromatic N) is 3. The molecule has 1 aliphatic rings. The zero-order valence-electron chi connectivity index (χ0n) is 17.7. The molecule has 0 fully saturated rings. The normalized spacial score (nSPS) is 14.8. The molecule has 0 bridgehead atoms. The fourth-order valence-electron chi connectivity index (χ4n) is 3.70. The van der Waals surface area contributed by atoms with Crippen molar-refractivity contribution in [3.63, 3.8) is 0 Å². The Kier molecular flexibility index (Phi) is 5.91. The van der Waals surface area contributed by atoms with E-state index in [1.807, 2.05) is 10.9 Å². The topological polar surface area (TPSA) is 67.2 Å². The number of benzene rings is 1. The number of hydrogen-bond acceptors (Lipinski definition) is 3. The minimum atomic E-state index is -0.563. The van der Waals surface area contributed by atoms with Crippen LogP contribution in [0.1, 0.15) is 50.9 Å². The van der Waals surface area contributed by atoms with Gasteiger partial charge in [-0.15, -0.1) is 6.58 Å². The molecule has 0 spiro atoms. The fourth-order valence-corrected chi connectivity index (χ4v) is 3.70. The second-order valence-corrected chi connectivity index (χ2v) is 8.61. The molecule has 0 saturated carbocycles. The van der Waals surface area contributed by atoms with Crippen molar-refractivity contribution in [3.05, 3.63) is 59.9 Å². The smallest absolute Gasteiger partial charge is 0.245 e. The van der Waals surface area contributed by atoms with Gasteiger partial charge in [0.05, 0.1) is 17.6 Å². The van der Waals surface area contributed by atoms with Gasteiger partial charge in [-0.25, -0.2) is 4.68 Å². The lowest BCUT2D eigenvalue weighted by atomic mass is 9.87. The van der Waals surface area contributed by atoms with Crippen LogP contribution in [0.25, 0.3) is 5.69 Å². The summed E-state index contributed by atoms with van der Waals surface area (Å²) in [6.45, 7) is 12.8. The summed E-state index contributed by atoms with van der Waals surface area (Å²) in [7, 11) is 0. The predicted molar refractivity (Wildman–Crippen MR) is 114 cm³/mol. The molecule has 3 rings (SSSR count). The van der Waals surface area contributed by atoms with Crippen LogP contribution in [0.5, 0.6) is 0 Å². The van der Waals surface area contributed by atoms with E-state index < -0.39 is 6.04 Å². The van der Waals surface area contributed by atoms with Gasteiger partial charge in [-0.05, 0) is 29.5 Å². The number of carbonyl (C=O) groups excluding carboxylic acids is 2. The summed E-state index contributed by atoms with van der Waals surface area (Å²) in [6.07, 6.45) is 4.64. The lowest BCUT2D eigenvalue weighted by Crippen LogP contribution is -2.49. The van der Waals surface area contributed by atoms with Crippen molar-refractivity contribution in [2.75, 3.05) is 6.54 Å². The molecule has 0 radical (unpaired) electrons. The summed E-state index contributed by atoms with van der Waals surface area (Å²) in [5.74, 6) is -0.289. The van der Waals surface area contributed by atoms with Gasteiger partial charge in [0, 0.05) is 32.0 Å². The van der Waals surface area contributed by atoms with E-state index in [-0.39, 0.29) is 17.2 Å². The van der Waals surface area contributed by atoms with Crippen LogP contribution in [-0.2, 0) is 28.0 Å². The van der Waals surface area contributed by atoms with E-state index in [9.17, 15) is 9.59 Å². The van der Waals surface area contributed by atoms with E-state index in [0.29, 0.717) is 19.5 Å². The van der Waals surface area contributed by atoms with Crippen LogP contribution in [-0.4, -0.2) is 39.1 Å². The van der Waals surface area contributed by atoms with Crippen LogP contribution >= 0.6 is 0 Å². The highest BCUT2D eigenvalue weighted by Crippen LogP contribution is 2.26. The Morgan fingerprint density at radius 2 is 1.97 bits per heavy atom. The van der Waals surface area contributed by atoms with Gasteiger partial charge in [0.15, 0.2) is 0 Å². The van der Waals surface area contributed by atoms with Crippen LogP contribution in [0.4, 0.5) is 0 Å². The quantitative estimate of drug-likeness (QED) is 0.793. The van der Waals surface area contributed by atoms with Gasteiger partial charge >= 0.3 is 0 Å². The zero-order chi connectivity index (χ0) is 21.2. The molecule has 1 aromatic heterocycles. The number of rotatable bonds is 5. The molecule has 1 N–H and O–H groups in total. The van der Waals surface area contributed by atoms with Gasteiger partial charge < -0.3 is 10.2 Å². The van der Waals surface area contributed by atoms with Crippen LogP contribution in [0.2, 0.25) is 0 Å². The molecule has 6 heteroatoms. The van der Waals surface area contributed by atoms with Gasteiger partial charge in [0.25, 0.3) is 0 Å². The van der Waals surface area contributed by atoms with Gasteiger partial charge in [-0.1, -0.05) is 39.0 Å². The standard InChI is InChI=1S/C23H30N4O2/c1-6-7-20(25-16(2)28)22(29)26-13-12-21-17(15-26)14-24-27(21)19-10-8-18(9-11-19)23(3,4)5/h6,8-11,14,20H,1,7,12-13,15H2,2-5H3,(H,25,28). The highest BCUT2D eigenvalue weighted by molar-refractivity contribution is 5.87. The van der Waals surface area contributed by atoms with Gasteiger partial charge in [-0.2, -0.15) is 5.10 Å². The molecule has 2 heterocycles. The summed E-state index contributed by atoms with van der Waals surface area (Å²) in [5, 5.41) is 7.30. The van der Waals surface area contributed by atoms with Crippen molar-refractivity contribution in [3.8, 4) is 5.69 Å². The number of carbonyl (C=O) groups is 2. The summed E-state index contributed by atoms with van der Waals surface area (Å²) in [5.41, 5.74) is 4.60. The highest BCUT2D eigenvalue weighted by atomic mass is 16.2. The minimum absolute atomic E-state index is 0.0759. The molecule has 2 aromatic rings. The van der Waals surface area contributed by atoms with Gasteiger partial charge in [0.2, 0.25) is 11.8 Å². The number of amides is 2. The van der Waals surface area contributed by atoms with E-state index in [2.05, 4.69) is 62.0 Å². The Morgan fingerprint density at radius 1 is 1.28 bits per heavy atom. The van der Waals surface area contributed by atoms with E-state index in [4.69, 9.17) is 0 Å². The molecule has 0 saturated heterocycles. The summed E-state index contributed by atoms with van der Waals surface area (Å²) in [6, 6.07) is 7.93. The first-order valence-corrected chi connectivity index (χ1v) is 10.0. The first kappa shape index (κ1) is 20.8. The van der Waals surface area contributed by atoms with E-state index in [1.54, 1.807) is 11.0 Å². The molecule has 1 aromatic carbocycles. The molecule has 2 amide bonds. The summed E-state index contributed by atoms with van der Waals surface area (Å²) >= 11 is 0. The monoisotopic (exact) mass is 394 g/mol. The number of nitrogens with one attached hydrogen (secondary N) is 1. The van der Waals surface area contributed by atoms with Crippen molar-refractivity contribution in [2.24, 2.45) is 0 Å². The second kappa shape index (κ2) is 8.23. The largest absolute Gasteiger partial charge is 0.344 e. The van der Waals surface area contributed by atoms with Gasteiger partial charge in [-0.3, -0.25) is 9.59 Å². The first-order valence-electron chi connectivity index (χ1n) is 10.0. The average molecular weight is 395 g/mol. The van der Waals surface area contributed by atoms with Crippen LogP contribution in [0.15, 0.2) is 43.1 Å². The zero-order valence-corrected chi connectivity index (χ0v) is 17.7. The Labute approximate surface area is 172 Å². The molecule has 6 nitrogen and oxygen atoms in total. The van der Waals surface area contributed by atoms with Gasteiger partial charge in [0.1, 0.15) is 6.04 Å². The van der Waals surface area contributed by atoms with Crippen molar-refractivity contribution in [2.45, 2.75) is 58.5 Å². The van der Waals surface area contributed by atoms with E-state index in [1.165, 1.54) is 12.5 Å². The van der Waals surface area contributed by atoms with Crippen molar-refractivity contribution in [1.29, 1.82) is 0 Å². The van der Waals surface area contributed by atoms with Crippen molar-refractivity contribution in [1.82, 2.24) is 20.0 Å². The Hall–Kier alpha value is -2.89. The maximum atomic E-state index is 12.9. The third kappa shape index (κ3) is 4.58. The molecule has 1 aliphatic heterocycles. The van der Waals surface area contributed by atoms with Crippen molar-refractivity contribution < 1.29 is 9.59 Å². The molecule has 29 heavy (non-hydrogen) atoms. The summed E-state index contributed by atoms with van der Waals surface area (Å²) in [4.78, 5) is 26.1. The van der Waals surface area contributed by atoms with Crippen molar-refractivity contribution >= 4 is 11.8 Å². The minimum Gasteiger partial charge on any atom is -0.344 e. The SMILES string of the molecule is C=CCC(NC(C)=O)C(=O)N1CCc2c(cnn2-c2ccc(C(C)(C)C)cc2)C1. The molecule has 1 atom stereocenters. The lowest BCUT2D eigenvalue weighted by Gasteiger charge is -2.30. The fraction of sp³-hybridized carbons (Fsp3) is 0.435. The molecular weight excluding hydrogens is 364 g/mol. The Morgan fingerprint density at radius 3 is 2.55 bits per heavy atom. The third-order valence-corrected chi connectivity index (χ3v) is 5.30. The number of hydrogen-bond donors (Lipinski definition) is 1. The summed E-state index contributed by atoms with van der Waals surface area (Å²) < 4.78 is 1.97. The molecule has 154 valence electrons. The Balaban J connectivity index is 1.78. The highest BCUT2D eigenvalue weighted by Gasteiger charge is 2.29. The number of aromatic nitrogens is 2.